The van der Waals surface area contributed by atoms with E-state index < -0.39 is 48.2 Å². The third-order valence-corrected chi connectivity index (χ3v) is 7.75. The van der Waals surface area contributed by atoms with Crippen LogP contribution in [0, 0.1) is 17.5 Å². The van der Waals surface area contributed by atoms with Crippen LogP contribution >= 0.6 is 0 Å². The molecular formula is C33H34F6N2O4. The summed E-state index contributed by atoms with van der Waals surface area (Å²) in [5.74, 6) is -3.43. The topological polar surface area (TPSA) is 90.7 Å². The lowest BCUT2D eigenvalue weighted by molar-refractivity contribution is -0.186. The van der Waals surface area contributed by atoms with Crippen molar-refractivity contribution in [3.8, 4) is 0 Å². The van der Waals surface area contributed by atoms with Crippen LogP contribution in [0.25, 0.3) is 0 Å². The predicted octanol–water partition coefficient (Wildman–Crippen LogP) is 5.55. The summed E-state index contributed by atoms with van der Waals surface area (Å²) in [6, 6.07) is 14.2. The summed E-state index contributed by atoms with van der Waals surface area (Å²) in [5.41, 5.74) is 8.43. The van der Waals surface area contributed by atoms with Gasteiger partial charge in [0, 0.05) is 31.3 Å². The summed E-state index contributed by atoms with van der Waals surface area (Å²) in [6.45, 7) is -1.03. The maximum atomic E-state index is 15.0. The van der Waals surface area contributed by atoms with Gasteiger partial charge in [-0.25, -0.2) is 13.2 Å². The highest BCUT2D eigenvalue weighted by atomic mass is 19.4. The molecule has 242 valence electrons. The molecule has 0 amide bonds. The van der Waals surface area contributed by atoms with Gasteiger partial charge < -0.3 is 20.5 Å². The normalized spacial score (nSPS) is 17.7. The van der Waals surface area contributed by atoms with Crippen LogP contribution in [0.15, 0.2) is 66.7 Å². The summed E-state index contributed by atoms with van der Waals surface area (Å²) in [4.78, 5) is 25.1. The Morgan fingerprint density at radius 3 is 2.11 bits per heavy atom. The standard InChI is InChI=1S/C33H34F6N2O4/c34-23-8-4-20(5-9-23)31(21-6-10-24(35)11-7-21)32(40)29(42)16-22-2-1-3-28(36)27(22)14-13-26-17-41-25(18-44-26)12-15-30(43)45-19-33(37,38)39/h1-11,25-26,31-32,41H,12-19,40H2/t25-,26-,32-/m1/s1. The molecule has 4 rings (SSSR count). The van der Waals surface area contributed by atoms with Gasteiger partial charge in [-0.15, -0.1) is 0 Å². The molecule has 0 saturated carbocycles. The number of benzene rings is 3. The molecule has 0 radical (unpaired) electrons. The number of halogens is 6. The van der Waals surface area contributed by atoms with Gasteiger partial charge in [0.1, 0.15) is 17.5 Å². The van der Waals surface area contributed by atoms with Crippen LogP contribution in [0.3, 0.4) is 0 Å². The molecule has 3 atom stereocenters. The zero-order valence-corrected chi connectivity index (χ0v) is 24.3. The van der Waals surface area contributed by atoms with Crippen molar-refractivity contribution in [1.82, 2.24) is 5.32 Å². The van der Waals surface area contributed by atoms with E-state index >= 15 is 4.39 Å². The van der Waals surface area contributed by atoms with Crippen LogP contribution in [0.4, 0.5) is 26.3 Å². The number of rotatable bonds is 13. The van der Waals surface area contributed by atoms with E-state index in [1.54, 1.807) is 6.07 Å². The van der Waals surface area contributed by atoms with Gasteiger partial charge in [0.25, 0.3) is 0 Å². The Bertz CT molecular complexity index is 1380. The zero-order valence-electron chi connectivity index (χ0n) is 24.3. The fourth-order valence-electron chi connectivity index (χ4n) is 5.36. The average molecular weight is 637 g/mol. The first-order chi connectivity index (χ1) is 21.4. The Hall–Kier alpha value is -3.74. The molecule has 3 aromatic rings. The number of alkyl halides is 3. The molecule has 0 unspecified atom stereocenters. The zero-order chi connectivity index (χ0) is 32.6. The number of carbonyl (C=O) groups is 2. The maximum Gasteiger partial charge on any atom is 0.422 e. The van der Waals surface area contributed by atoms with Crippen LogP contribution in [0.2, 0.25) is 0 Å². The van der Waals surface area contributed by atoms with Gasteiger partial charge in [-0.05, 0) is 71.8 Å². The van der Waals surface area contributed by atoms with E-state index in [2.05, 4.69) is 10.1 Å². The fourth-order valence-corrected chi connectivity index (χ4v) is 5.36. The van der Waals surface area contributed by atoms with Crippen molar-refractivity contribution in [1.29, 1.82) is 0 Å². The molecular weight excluding hydrogens is 602 g/mol. The molecule has 0 aromatic heterocycles. The van der Waals surface area contributed by atoms with E-state index in [4.69, 9.17) is 10.5 Å². The second-order valence-corrected chi connectivity index (χ2v) is 11.0. The first-order valence-electron chi connectivity index (χ1n) is 14.5. The largest absolute Gasteiger partial charge is 0.456 e. The van der Waals surface area contributed by atoms with Crippen molar-refractivity contribution in [3.63, 3.8) is 0 Å². The molecule has 1 aliphatic heterocycles. The number of carbonyl (C=O) groups excluding carboxylic acids is 2. The third kappa shape index (κ3) is 10.1. The van der Waals surface area contributed by atoms with E-state index in [-0.39, 0.29) is 50.2 Å². The molecule has 0 spiro atoms. The van der Waals surface area contributed by atoms with Gasteiger partial charge in [-0.1, -0.05) is 36.4 Å². The summed E-state index contributed by atoms with van der Waals surface area (Å²) < 4.78 is 89.0. The van der Waals surface area contributed by atoms with Gasteiger partial charge >= 0.3 is 12.1 Å². The second-order valence-electron chi connectivity index (χ2n) is 11.0. The molecule has 1 heterocycles. The van der Waals surface area contributed by atoms with E-state index in [0.717, 1.165) is 0 Å². The summed E-state index contributed by atoms with van der Waals surface area (Å²) in [7, 11) is 0. The number of ketones is 1. The van der Waals surface area contributed by atoms with E-state index in [0.29, 0.717) is 35.2 Å². The van der Waals surface area contributed by atoms with Crippen LogP contribution in [0.1, 0.15) is 47.4 Å². The highest BCUT2D eigenvalue weighted by Gasteiger charge is 2.31. The van der Waals surface area contributed by atoms with Crippen LogP contribution in [-0.4, -0.2) is 55.9 Å². The lowest BCUT2D eigenvalue weighted by atomic mass is 9.82. The molecule has 0 bridgehead atoms. The molecule has 1 aliphatic rings. The highest BCUT2D eigenvalue weighted by molar-refractivity contribution is 5.87. The molecule has 12 heteroatoms. The van der Waals surface area contributed by atoms with Crippen molar-refractivity contribution in [2.24, 2.45) is 5.73 Å². The number of hydrogen-bond acceptors (Lipinski definition) is 6. The molecule has 0 aliphatic carbocycles. The monoisotopic (exact) mass is 636 g/mol. The van der Waals surface area contributed by atoms with Crippen molar-refractivity contribution >= 4 is 11.8 Å². The van der Waals surface area contributed by atoms with Crippen LogP contribution in [0.5, 0.6) is 0 Å². The third-order valence-electron chi connectivity index (χ3n) is 7.75. The lowest BCUT2D eigenvalue weighted by Gasteiger charge is -2.30. The van der Waals surface area contributed by atoms with Crippen molar-refractivity contribution in [3.05, 3.63) is 106 Å². The SMILES string of the molecule is N[C@H](C(=O)Cc1cccc(F)c1CC[C@@H]1CN[C@H](CCC(=O)OCC(F)(F)F)CO1)C(c1ccc(F)cc1)c1ccc(F)cc1. The van der Waals surface area contributed by atoms with Gasteiger partial charge in [0.05, 0.1) is 18.8 Å². The minimum absolute atomic E-state index is 0.163. The van der Waals surface area contributed by atoms with Gasteiger partial charge in [-0.2, -0.15) is 13.2 Å². The molecule has 1 fully saturated rings. The van der Waals surface area contributed by atoms with Crippen LogP contribution < -0.4 is 11.1 Å². The van der Waals surface area contributed by atoms with Gasteiger partial charge in [-0.3, -0.25) is 9.59 Å². The lowest BCUT2D eigenvalue weighted by Crippen LogP contribution is -2.46. The fraction of sp³-hybridized carbons (Fsp3) is 0.394. The Kier molecular flexibility index (Phi) is 11.8. The van der Waals surface area contributed by atoms with E-state index in [1.165, 1.54) is 60.7 Å². The van der Waals surface area contributed by atoms with E-state index in [1.807, 2.05) is 0 Å². The quantitative estimate of drug-likeness (QED) is 0.189. The Morgan fingerprint density at radius 1 is 0.933 bits per heavy atom. The predicted molar refractivity (Wildman–Crippen MR) is 154 cm³/mol. The number of esters is 1. The number of ether oxygens (including phenoxy) is 2. The number of morpholine rings is 1. The second kappa shape index (κ2) is 15.5. The average Bonchev–Trinajstić information content (AvgIpc) is 3.01. The minimum Gasteiger partial charge on any atom is -0.456 e. The van der Waals surface area contributed by atoms with Crippen molar-refractivity contribution < 1.29 is 45.4 Å². The smallest absolute Gasteiger partial charge is 0.422 e. The first-order valence-corrected chi connectivity index (χ1v) is 14.5. The molecule has 45 heavy (non-hydrogen) atoms. The van der Waals surface area contributed by atoms with Gasteiger partial charge in [0.2, 0.25) is 0 Å². The summed E-state index contributed by atoms with van der Waals surface area (Å²) in [6.07, 6.45) is -4.34. The molecule has 3 aromatic carbocycles. The Morgan fingerprint density at radius 2 is 1.56 bits per heavy atom. The van der Waals surface area contributed by atoms with Crippen LogP contribution in [-0.2, 0) is 31.9 Å². The van der Waals surface area contributed by atoms with Gasteiger partial charge in [0.15, 0.2) is 12.4 Å². The number of nitrogens with two attached hydrogens (primary N) is 1. The van der Waals surface area contributed by atoms with E-state index in [9.17, 15) is 31.5 Å². The Labute approximate surface area is 256 Å². The molecule has 1 saturated heterocycles. The minimum atomic E-state index is -4.58. The highest BCUT2D eigenvalue weighted by Crippen LogP contribution is 2.30. The molecule has 3 N–H and O–H groups in total. The maximum absolute atomic E-state index is 15.0. The Balaban J connectivity index is 1.35. The first kappa shape index (κ1) is 34.1. The van der Waals surface area contributed by atoms with Crippen molar-refractivity contribution in [2.75, 3.05) is 19.8 Å². The number of nitrogens with one attached hydrogen (secondary N) is 1. The molecule has 6 nitrogen and oxygen atoms in total. The summed E-state index contributed by atoms with van der Waals surface area (Å²) >= 11 is 0. The van der Waals surface area contributed by atoms with Crippen molar-refractivity contribution in [2.45, 2.75) is 62.4 Å². The number of Topliss-reactive ketones (excluding diaryl/α,β-unsaturated/α-hetero) is 1. The summed E-state index contributed by atoms with van der Waals surface area (Å²) in [5, 5.41) is 3.19. The number of hydrogen-bond donors (Lipinski definition) is 2.